The molecule has 92 valence electrons. The van der Waals surface area contributed by atoms with E-state index < -0.39 is 0 Å². The van der Waals surface area contributed by atoms with Crippen LogP contribution in [0.25, 0.3) is 11.0 Å². The summed E-state index contributed by atoms with van der Waals surface area (Å²) in [4.78, 5) is 20.7. The lowest BCUT2D eigenvalue weighted by atomic mass is 10.0. The fourth-order valence-corrected chi connectivity index (χ4v) is 1.93. The second-order valence-electron chi connectivity index (χ2n) is 4.07. The molecule has 0 saturated carbocycles. The zero-order chi connectivity index (χ0) is 13.2. The Morgan fingerprint density at radius 1 is 0.947 bits per heavy atom. The molecule has 0 spiro atoms. The smallest absolute Gasteiger partial charge is 0.195 e. The molecule has 0 N–H and O–H groups in total. The number of ketones is 1. The molecule has 2 aromatic carbocycles. The van der Waals surface area contributed by atoms with Gasteiger partial charge in [-0.15, -0.1) is 0 Å². The van der Waals surface area contributed by atoms with Crippen LogP contribution in [0.5, 0.6) is 0 Å². The summed E-state index contributed by atoms with van der Waals surface area (Å²) in [5.74, 6) is -0.555. The monoisotopic (exact) mass is 252 g/mol. The summed E-state index contributed by atoms with van der Waals surface area (Å²) < 4.78 is 12.9. The van der Waals surface area contributed by atoms with Crippen LogP contribution in [0.15, 0.2) is 54.9 Å². The summed E-state index contributed by atoms with van der Waals surface area (Å²) in [6.45, 7) is 0. The number of hydrogen-bond acceptors (Lipinski definition) is 3. The molecule has 0 saturated heterocycles. The van der Waals surface area contributed by atoms with Gasteiger partial charge in [0, 0.05) is 18.0 Å². The van der Waals surface area contributed by atoms with Crippen LogP contribution in [-0.4, -0.2) is 15.8 Å². The second kappa shape index (κ2) is 4.57. The molecule has 3 aromatic rings. The summed E-state index contributed by atoms with van der Waals surface area (Å²) in [5, 5.41) is 0. The van der Waals surface area contributed by atoms with Gasteiger partial charge in [-0.3, -0.25) is 14.8 Å². The SMILES string of the molecule is O=C(c1ccc(F)cc1)c1cccc2nccnc12. The van der Waals surface area contributed by atoms with Crippen LogP contribution in [0.2, 0.25) is 0 Å². The number of carbonyl (C=O) groups excluding carboxylic acids is 1. The van der Waals surface area contributed by atoms with Crippen molar-refractivity contribution in [3.63, 3.8) is 0 Å². The van der Waals surface area contributed by atoms with Crippen molar-refractivity contribution in [2.75, 3.05) is 0 Å². The van der Waals surface area contributed by atoms with E-state index in [0.29, 0.717) is 22.2 Å². The lowest BCUT2D eigenvalue weighted by Gasteiger charge is -2.04. The Morgan fingerprint density at radius 2 is 1.68 bits per heavy atom. The number of hydrogen-bond donors (Lipinski definition) is 0. The molecule has 0 fully saturated rings. The lowest BCUT2D eigenvalue weighted by Crippen LogP contribution is -2.03. The molecule has 19 heavy (non-hydrogen) atoms. The van der Waals surface area contributed by atoms with Crippen LogP contribution in [0.1, 0.15) is 15.9 Å². The largest absolute Gasteiger partial charge is 0.289 e. The van der Waals surface area contributed by atoms with Crippen molar-refractivity contribution in [3.05, 3.63) is 71.8 Å². The first-order valence-corrected chi connectivity index (χ1v) is 5.76. The van der Waals surface area contributed by atoms with Crippen molar-refractivity contribution >= 4 is 16.8 Å². The molecule has 0 unspecified atom stereocenters. The Labute approximate surface area is 108 Å². The Bertz CT molecular complexity index is 748. The molecular weight excluding hydrogens is 243 g/mol. The van der Waals surface area contributed by atoms with Gasteiger partial charge in [0.2, 0.25) is 0 Å². The molecule has 0 aliphatic rings. The molecule has 1 heterocycles. The molecule has 0 atom stereocenters. The van der Waals surface area contributed by atoms with Crippen molar-refractivity contribution in [2.24, 2.45) is 0 Å². The van der Waals surface area contributed by atoms with Gasteiger partial charge in [0.15, 0.2) is 5.78 Å². The quantitative estimate of drug-likeness (QED) is 0.658. The first-order chi connectivity index (χ1) is 9.25. The molecule has 0 radical (unpaired) electrons. The maximum atomic E-state index is 12.9. The second-order valence-corrected chi connectivity index (χ2v) is 4.07. The average Bonchev–Trinajstić information content (AvgIpc) is 2.47. The van der Waals surface area contributed by atoms with Gasteiger partial charge in [0.1, 0.15) is 5.82 Å². The number of fused-ring (bicyclic) bond motifs is 1. The number of nitrogens with zero attached hydrogens (tertiary/aromatic N) is 2. The number of carbonyl (C=O) groups is 1. The van der Waals surface area contributed by atoms with E-state index in [1.165, 1.54) is 24.3 Å². The summed E-state index contributed by atoms with van der Waals surface area (Å²) in [5.41, 5.74) is 2.12. The number of aromatic nitrogens is 2. The number of halogens is 1. The van der Waals surface area contributed by atoms with Crippen LogP contribution >= 0.6 is 0 Å². The van der Waals surface area contributed by atoms with E-state index in [1.54, 1.807) is 30.6 Å². The molecular formula is C15H9FN2O. The zero-order valence-corrected chi connectivity index (χ0v) is 9.88. The number of para-hydroxylation sites is 1. The molecule has 0 bridgehead atoms. The summed E-state index contributed by atoms with van der Waals surface area (Å²) in [6.07, 6.45) is 3.12. The Balaban J connectivity index is 2.14. The molecule has 1 aromatic heterocycles. The summed E-state index contributed by atoms with van der Waals surface area (Å²) in [6, 6.07) is 10.7. The van der Waals surface area contributed by atoms with Crippen molar-refractivity contribution in [1.82, 2.24) is 9.97 Å². The van der Waals surface area contributed by atoms with Gasteiger partial charge >= 0.3 is 0 Å². The highest BCUT2D eigenvalue weighted by Gasteiger charge is 2.13. The van der Waals surface area contributed by atoms with E-state index in [2.05, 4.69) is 9.97 Å². The zero-order valence-electron chi connectivity index (χ0n) is 9.88. The van der Waals surface area contributed by atoms with Gasteiger partial charge in [-0.1, -0.05) is 6.07 Å². The standard InChI is InChI=1S/C15H9FN2O/c16-11-6-4-10(5-7-11)15(19)12-2-1-3-13-14(12)18-9-8-17-13/h1-9H. The number of rotatable bonds is 2. The van der Waals surface area contributed by atoms with Gasteiger partial charge in [-0.05, 0) is 36.4 Å². The molecule has 0 aliphatic heterocycles. The normalized spacial score (nSPS) is 10.6. The Kier molecular flexibility index (Phi) is 2.76. The van der Waals surface area contributed by atoms with Gasteiger partial charge < -0.3 is 0 Å². The third-order valence-electron chi connectivity index (χ3n) is 2.85. The van der Waals surface area contributed by atoms with Crippen LogP contribution in [0.4, 0.5) is 4.39 Å². The van der Waals surface area contributed by atoms with Crippen molar-refractivity contribution in [2.45, 2.75) is 0 Å². The fraction of sp³-hybridized carbons (Fsp3) is 0. The van der Waals surface area contributed by atoms with Crippen LogP contribution in [0.3, 0.4) is 0 Å². The van der Waals surface area contributed by atoms with Gasteiger partial charge in [0.25, 0.3) is 0 Å². The van der Waals surface area contributed by atoms with Crippen LogP contribution < -0.4 is 0 Å². The highest BCUT2D eigenvalue weighted by molar-refractivity contribution is 6.15. The van der Waals surface area contributed by atoms with Crippen LogP contribution in [0, 0.1) is 5.82 Å². The van der Waals surface area contributed by atoms with E-state index in [4.69, 9.17) is 0 Å². The van der Waals surface area contributed by atoms with Crippen molar-refractivity contribution in [1.29, 1.82) is 0 Å². The summed E-state index contributed by atoms with van der Waals surface area (Å²) >= 11 is 0. The highest BCUT2D eigenvalue weighted by Crippen LogP contribution is 2.18. The van der Waals surface area contributed by atoms with Crippen molar-refractivity contribution in [3.8, 4) is 0 Å². The third kappa shape index (κ3) is 2.08. The van der Waals surface area contributed by atoms with Gasteiger partial charge in [0.05, 0.1) is 16.6 Å². The fourth-order valence-electron chi connectivity index (χ4n) is 1.93. The highest BCUT2D eigenvalue weighted by atomic mass is 19.1. The number of benzene rings is 2. The van der Waals surface area contributed by atoms with E-state index in [-0.39, 0.29) is 11.6 Å². The average molecular weight is 252 g/mol. The van der Waals surface area contributed by atoms with E-state index in [1.807, 2.05) is 0 Å². The van der Waals surface area contributed by atoms with E-state index >= 15 is 0 Å². The minimum atomic E-state index is -0.366. The molecule has 0 aliphatic carbocycles. The van der Waals surface area contributed by atoms with Crippen molar-refractivity contribution < 1.29 is 9.18 Å². The first-order valence-electron chi connectivity index (χ1n) is 5.76. The minimum absolute atomic E-state index is 0.189. The minimum Gasteiger partial charge on any atom is -0.289 e. The summed E-state index contributed by atoms with van der Waals surface area (Å²) in [7, 11) is 0. The third-order valence-corrected chi connectivity index (χ3v) is 2.85. The van der Waals surface area contributed by atoms with Gasteiger partial charge in [-0.25, -0.2) is 4.39 Å². The predicted molar refractivity (Wildman–Crippen MR) is 69.4 cm³/mol. The van der Waals surface area contributed by atoms with Gasteiger partial charge in [-0.2, -0.15) is 0 Å². The first kappa shape index (κ1) is 11.5. The van der Waals surface area contributed by atoms with E-state index in [9.17, 15) is 9.18 Å². The molecule has 3 nitrogen and oxygen atoms in total. The topological polar surface area (TPSA) is 42.9 Å². The van der Waals surface area contributed by atoms with E-state index in [0.717, 1.165) is 0 Å². The Morgan fingerprint density at radius 3 is 2.47 bits per heavy atom. The molecule has 0 amide bonds. The Hall–Kier alpha value is -2.62. The maximum Gasteiger partial charge on any atom is 0.195 e. The lowest BCUT2D eigenvalue weighted by molar-refractivity contribution is 0.104. The molecule has 3 rings (SSSR count). The predicted octanol–water partition coefficient (Wildman–Crippen LogP) is 3.00. The maximum absolute atomic E-state index is 12.9. The molecule has 4 heteroatoms. The van der Waals surface area contributed by atoms with Crippen LogP contribution in [-0.2, 0) is 0 Å².